The Morgan fingerprint density at radius 3 is 2.49 bits per heavy atom. The summed E-state index contributed by atoms with van der Waals surface area (Å²) >= 11 is 0. The van der Waals surface area contributed by atoms with Crippen LogP contribution in [0.1, 0.15) is 74.7 Å². The van der Waals surface area contributed by atoms with Crippen molar-refractivity contribution in [2.75, 3.05) is 32.1 Å². The lowest BCUT2D eigenvalue weighted by Gasteiger charge is -2.41. The first-order valence-corrected chi connectivity index (χ1v) is 12.7. The van der Waals surface area contributed by atoms with Crippen molar-refractivity contribution >= 4 is 17.4 Å². The van der Waals surface area contributed by atoms with Gasteiger partial charge in [0.1, 0.15) is 5.54 Å². The summed E-state index contributed by atoms with van der Waals surface area (Å²) in [6.45, 7) is 4.23. The lowest BCUT2D eigenvalue weighted by molar-refractivity contribution is -0.147. The van der Waals surface area contributed by atoms with Crippen molar-refractivity contribution < 1.29 is 14.3 Å². The van der Waals surface area contributed by atoms with Crippen LogP contribution >= 0.6 is 0 Å². The first-order chi connectivity index (χ1) is 17.0. The molecule has 2 fully saturated rings. The maximum Gasteiger partial charge on any atom is 0.363 e. The third-order valence-electron chi connectivity index (χ3n) is 7.42. The number of Topliss-reactive ketones (excluding diaryl/α,β-unsaturated/α-hetero) is 1. The zero-order chi connectivity index (χ0) is 24.8. The van der Waals surface area contributed by atoms with E-state index < -0.39 is 5.54 Å². The van der Waals surface area contributed by atoms with Gasteiger partial charge in [0.15, 0.2) is 5.78 Å². The monoisotopic (exact) mass is 484 g/mol. The molecule has 35 heavy (non-hydrogen) atoms. The number of ketones is 1. The predicted molar refractivity (Wildman–Crippen MR) is 132 cm³/mol. The SMILES string of the molecule is CCC(=O)c1ccccc1NC1(C(=O)OC)CCN(CCn2nnn(C3CCCCC3)c2=O)CC1. The van der Waals surface area contributed by atoms with E-state index in [1.165, 1.54) is 18.2 Å². The Hall–Kier alpha value is -3.01. The van der Waals surface area contributed by atoms with Crippen molar-refractivity contribution in [2.24, 2.45) is 0 Å². The molecule has 1 aliphatic carbocycles. The first kappa shape index (κ1) is 25.1. The topological polar surface area (TPSA) is 111 Å². The molecule has 0 atom stereocenters. The zero-order valence-electron chi connectivity index (χ0n) is 20.7. The molecule has 0 unspecified atom stereocenters. The van der Waals surface area contributed by atoms with E-state index in [1.54, 1.807) is 10.7 Å². The summed E-state index contributed by atoms with van der Waals surface area (Å²) in [7, 11) is 1.39. The van der Waals surface area contributed by atoms with Crippen molar-refractivity contribution in [3.63, 3.8) is 0 Å². The molecule has 190 valence electrons. The highest BCUT2D eigenvalue weighted by Gasteiger charge is 2.43. The number of aromatic nitrogens is 4. The lowest BCUT2D eigenvalue weighted by atomic mass is 9.86. The number of anilines is 1. The second-order valence-electron chi connectivity index (χ2n) is 9.58. The molecule has 10 heteroatoms. The first-order valence-electron chi connectivity index (χ1n) is 12.7. The Kier molecular flexibility index (Phi) is 8.00. The van der Waals surface area contributed by atoms with E-state index in [0.717, 1.165) is 25.7 Å². The molecule has 10 nitrogen and oxygen atoms in total. The average molecular weight is 485 g/mol. The van der Waals surface area contributed by atoms with E-state index in [1.807, 2.05) is 25.1 Å². The highest BCUT2D eigenvalue weighted by Crippen LogP contribution is 2.31. The number of likely N-dealkylation sites (tertiary alicyclic amines) is 1. The summed E-state index contributed by atoms with van der Waals surface area (Å²) in [4.78, 5) is 40.3. The largest absolute Gasteiger partial charge is 0.467 e. The van der Waals surface area contributed by atoms with Gasteiger partial charge in [-0.15, -0.1) is 0 Å². The number of rotatable bonds is 9. The Labute approximate surface area is 205 Å². The Morgan fingerprint density at radius 1 is 1.09 bits per heavy atom. The molecule has 2 aliphatic rings. The number of tetrazole rings is 1. The smallest absolute Gasteiger partial charge is 0.363 e. The molecule has 1 aromatic heterocycles. The number of carbonyl (C=O) groups is 2. The minimum Gasteiger partial charge on any atom is -0.467 e. The minimum atomic E-state index is -0.906. The normalized spacial score (nSPS) is 18.8. The minimum absolute atomic E-state index is 0.0252. The van der Waals surface area contributed by atoms with Crippen molar-refractivity contribution in [1.82, 2.24) is 24.7 Å². The maximum atomic E-state index is 12.9. The molecule has 1 N–H and O–H groups in total. The number of nitrogens with one attached hydrogen (secondary N) is 1. The van der Waals surface area contributed by atoms with E-state index in [-0.39, 0.29) is 23.5 Å². The van der Waals surface area contributed by atoms with E-state index in [2.05, 4.69) is 20.6 Å². The average Bonchev–Trinajstić information content (AvgIpc) is 3.28. The van der Waals surface area contributed by atoms with Gasteiger partial charge in [-0.05, 0) is 48.2 Å². The van der Waals surface area contributed by atoms with E-state index in [4.69, 9.17) is 4.74 Å². The fraction of sp³-hybridized carbons (Fsp3) is 0.640. The highest BCUT2D eigenvalue weighted by molar-refractivity contribution is 6.01. The molecular weight excluding hydrogens is 448 g/mol. The van der Waals surface area contributed by atoms with Crippen LogP contribution < -0.4 is 11.0 Å². The molecule has 0 amide bonds. The molecule has 4 rings (SSSR count). The highest BCUT2D eigenvalue weighted by atomic mass is 16.5. The van der Waals surface area contributed by atoms with Crippen molar-refractivity contribution in [2.45, 2.75) is 76.4 Å². The second kappa shape index (κ2) is 11.2. The van der Waals surface area contributed by atoms with Gasteiger partial charge in [-0.1, -0.05) is 38.3 Å². The van der Waals surface area contributed by atoms with Crippen LogP contribution in [0.2, 0.25) is 0 Å². The van der Waals surface area contributed by atoms with Crippen molar-refractivity contribution in [1.29, 1.82) is 0 Å². The van der Waals surface area contributed by atoms with Crippen LogP contribution in [0.5, 0.6) is 0 Å². The summed E-state index contributed by atoms with van der Waals surface area (Å²) in [5.74, 6) is -0.306. The quantitative estimate of drug-likeness (QED) is 0.427. The van der Waals surface area contributed by atoms with Crippen LogP contribution in [-0.4, -0.2) is 68.7 Å². The van der Waals surface area contributed by atoms with Gasteiger partial charge < -0.3 is 15.0 Å². The number of ether oxygens (including phenoxy) is 1. The number of piperidine rings is 1. The standard InChI is InChI=1S/C25H36N6O4/c1-3-22(32)20-11-7-8-12-21(20)26-25(23(33)35-2)13-15-29(16-14-25)17-18-30-24(34)31(28-27-30)19-9-5-4-6-10-19/h7-8,11-12,19,26H,3-6,9-10,13-18H2,1-2H3. The molecule has 0 radical (unpaired) electrons. The Morgan fingerprint density at radius 2 is 1.80 bits per heavy atom. The summed E-state index contributed by atoms with van der Waals surface area (Å²) < 4.78 is 8.16. The van der Waals surface area contributed by atoms with Crippen LogP contribution in [0.3, 0.4) is 0 Å². The number of nitrogens with zero attached hydrogens (tertiary/aromatic N) is 5. The number of benzene rings is 1. The summed E-state index contributed by atoms with van der Waals surface area (Å²) in [6.07, 6.45) is 6.89. The number of methoxy groups -OCH3 is 1. The van der Waals surface area contributed by atoms with Crippen LogP contribution in [-0.2, 0) is 16.1 Å². The fourth-order valence-electron chi connectivity index (χ4n) is 5.23. The predicted octanol–water partition coefficient (Wildman–Crippen LogP) is 2.66. The molecule has 1 saturated carbocycles. The van der Waals surface area contributed by atoms with Crippen LogP contribution in [0, 0.1) is 0 Å². The number of hydrogen-bond donors (Lipinski definition) is 1. The second-order valence-corrected chi connectivity index (χ2v) is 9.58. The van der Waals surface area contributed by atoms with Gasteiger partial charge in [-0.25, -0.2) is 9.59 Å². The van der Waals surface area contributed by atoms with Gasteiger partial charge in [0.2, 0.25) is 0 Å². The van der Waals surface area contributed by atoms with E-state index in [0.29, 0.717) is 56.7 Å². The third-order valence-corrected chi connectivity index (χ3v) is 7.42. The number of hydrogen-bond acceptors (Lipinski definition) is 8. The summed E-state index contributed by atoms with van der Waals surface area (Å²) in [6, 6.07) is 7.46. The van der Waals surface area contributed by atoms with Gasteiger partial charge in [0.25, 0.3) is 0 Å². The Bertz CT molecular complexity index is 1080. The number of para-hydroxylation sites is 1. The molecule has 1 saturated heterocycles. The third kappa shape index (κ3) is 5.47. The molecule has 2 heterocycles. The molecule has 2 aromatic rings. The molecule has 1 aromatic carbocycles. The number of carbonyl (C=O) groups excluding carboxylic acids is 2. The van der Waals surface area contributed by atoms with Crippen LogP contribution in [0.15, 0.2) is 29.1 Å². The summed E-state index contributed by atoms with van der Waals surface area (Å²) in [5.41, 5.74) is 0.193. The summed E-state index contributed by atoms with van der Waals surface area (Å²) in [5, 5.41) is 11.6. The van der Waals surface area contributed by atoms with Gasteiger partial charge >= 0.3 is 11.7 Å². The van der Waals surface area contributed by atoms with Crippen molar-refractivity contribution in [3.05, 3.63) is 40.3 Å². The lowest BCUT2D eigenvalue weighted by Crippen LogP contribution is -2.55. The van der Waals surface area contributed by atoms with E-state index >= 15 is 0 Å². The van der Waals surface area contributed by atoms with Crippen LogP contribution in [0.4, 0.5) is 5.69 Å². The van der Waals surface area contributed by atoms with E-state index in [9.17, 15) is 14.4 Å². The maximum absolute atomic E-state index is 12.9. The zero-order valence-corrected chi connectivity index (χ0v) is 20.7. The van der Waals surface area contributed by atoms with Gasteiger partial charge in [0.05, 0.1) is 19.7 Å². The molecule has 1 aliphatic heterocycles. The van der Waals surface area contributed by atoms with Crippen LogP contribution in [0.25, 0.3) is 0 Å². The Balaban J connectivity index is 1.39. The van der Waals surface area contributed by atoms with Gasteiger partial charge in [0, 0.05) is 37.3 Å². The van der Waals surface area contributed by atoms with Crippen molar-refractivity contribution in [3.8, 4) is 0 Å². The fourth-order valence-corrected chi connectivity index (χ4v) is 5.23. The molecule has 0 spiro atoms. The molecule has 0 bridgehead atoms. The van der Waals surface area contributed by atoms with Gasteiger partial charge in [-0.2, -0.15) is 9.36 Å². The molecular formula is C25H36N6O4. The number of esters is 1. The van der Waals surface area contributed by atoms with Gasteiger partial charge in [-0.3, -0.25) is 4.79 Å².